The van der Waals surface area contributed by atoms with Gasteiger partial charge in [0, 0.05) is 19.3 Å². The van der Waals surface area contributed by atoms with Crippen molar-refractivity contribution in [3.63, 3.8) is 0 Å². The van der Waals surface area contributed by atoms with Gasteiger partial charge in [0.25, 0.3) is 5.56 Å². The van der Waals surface area contributed by atoms with Gasteiger partial charge in [-0.05, 0) is 26.3 Å². The highest BCUT2D eigenvalue weighted by molar-refractivity contribution is 5.72. The molecule has 0 spiro atoms. The Kier molecular flexibility index (Phi) is 3.32. The number of nitrogens with zero attached hydrogens (tertiary/aromatic N) is 5. The summed E-state index contributed by atoms with van der Waals surface area (Å²) in [6.07, 6.45) is 1.67. The van der Waals surface area contributed by atoms with Gasteiger partial charge in [-0.3, -0.25) is 18.9 Å². The minimum absolute atomic E-state index is 0.320. The maximum atomic E-state index is 12.3. The second-order valence-electron chi connectivity index (χ2n) is 5.51. The molecule has 0 bridgehead atoms. The molecule has 3 heterocycles. The van der Waals surface area contributed by atoms with Gasteiger partial charge in [0.2, 0.25) is 5.95 Å². The number of hydrogen-bond donors (Lipinski definition) is 1. The molecule has 0 saturated carbocycles. The van der Waals surface area contributed by atoms with Crippen LogP contribution in [-0.2, 0) is 13.6 Å². The molecule has 23 heavy (non-hydrogen) atoms. The van der Waals surface area contributed by atoms with E-state index in [2.05, 4.69) is 21.6 Å². The fraction of sp³-hybridized carbons (Fsp3) is 0.333. The second-order valence-corrected chi connectivity index (χ2v) is 5.51. The molecule has 0 aliphatic heterocycles. The standard InChI is InChI=1S/C15H18N6O2/c1-6-7-20-11-12(19(5)15(23)17-13(11)22)16-14(20)21-10(4)8(2)9(3)18-21/h6H,1,7H2,2-5H3,(H,17,22,23). The van der Waals surface area contributed by atoms with E-state index < -0.39 is 11.2 Å². The number of rotatable bonds is 3. The summed E-state index contributed by atoms with van der Waals surface area (Å²) in [5, 5.41) is 4.50. The third-order valence-electron chi connectivity index (χ3n) is 4.14. The molecule has 8 nitrogen and oxygen atoms in total. The first kappa shape index (κ1) is 15.0. The SMILES string of the molecule is C=CCn1c(-n2nc(C)c(C)c2C)nc2c1c(=O)[nH]c(=O)n2C. The normalized spacial score (nSPS) is 11.3. The van der Waals surface area contributed by atoms with Crippen LogP contribution in [-0.4, -0.2) is 28.9 Å². The van der Waals surface area contributed by atoms with E-state index in [0.29, 0.717) is 23.7 Å². The van der Waals surface area contributed by atoms with E-state index in [-0.39, 0.29) is 0 Å². The summed E-state index contributed by atoms with van der Waals surface area (Å²) in [5.41, 5.74) is 2.56. The van der Waals surface area contributed by atoms with Crippen LogP contribution >= 0.6 is 0 Å². The number of allylic oxidation sites excluding steroid dienone is 1. The summed E-state index contributed by atoms with van der Waals surface area (Å²) in [4.78, 5) is 30.9. The molecule has 3 aromatic rings. The fourth-order valence-electron chi connectivity index (χ4n) is 2.60. The molecule has 3 rings (SSSR count). The number of H-pyrrole nitrogens is 1. The van der Waals surface area contributed by atoms with E-state index >= 15 is 0 Å². The van der Waals surface area contributed by atoms with Gasteiger partial charge in [-0.2, -0.15) is 10.1 Å². The van der Waals surface area contributed by atoms with Crippen LogP contribution in [0.1, 0.15) is 17.0 Å². The van der Waals surface area contributed by atoms with Gasteiger partial charge < -0.3 is 0 Å². The van der Waals surface area contributed by atoms with Crippen molar-refractivity contribution in [1.82, 2.24) is 28.9 Å². The number of aromatic nitrogens is 6. The molecule has 0 aliphatic rings. The van der Waals surface area contributed by atoms with Crippen molar-refractivity contribution in [2.45, 2.75) is 27.3 Å². The molecule has 120 valence electrons. The molecule has 0 radical (unpaired) electrons. The highest BCUT2D eigenvalue weighted by Crippen LogP contribution is 2.19. The number of hydrogen-bond acceptors (Lipinski definition) is 4. The zero-order valence-electron chi connectivity index (χ0n) is 13.5. The molecule has 0 saturated heterocycles. The van der Waals surface area contributed by atoms with E-state index in [9.17, 15) is 9.59 Å². The van der Waals surface area contributed by atoms with Gasteiger partial charge in [-0.15, -0.1) is 6.58 Å². The lowest BCUT2D eigenvalue weighted by Crippen LogP contribution is -2.29. The third-order valence-corrected chi connectivity index (χ3v) is 4.14. The van der Waals surface area contributed by atoms with Crippen LogP contribution in [0.5, 0.6) is 0 Å². The van der Waals surface area contributed by atoms with Crippen molar-refractivity contribution in [2.75, 3.05) is 0 Å². The molecule has 0 amide bonds. The van der Waals surface area contributed by atoms with Gasteiger partial charge in [0.15, 0.2) is 11.2 Å². The molecule has 1 N–H and O–H groups in total. The molecule has 0 atom stereocenters. The highest BCUT2D eigenvalue weighted by Gasteiger charge is 2.20. The van der Waals surface area contributed by atoms with Crippen molar-refractivity contribution in [3.8, 4) is 5.95 Å². The predicted molar refractivity (Wildman–Crippen MR) is 87.1 cm³/mol. The van der Waals surface area contributed by atoms with Crippen molar-refractivity contribution < 1.29 is 0 Å². The Morgan fingerprint density at radius 3 is 2.52 bits per heavy atom. The van der Waals surface area contributed by atoms with Gasteiger partial charge >= 0.3 is 5.69 Å². The molecule has 0 aromatic carbocycles. The van der Waals surface area contributed by atoms with Crippen molar-refractivity contribution >= 4 is 11.2 Å². The van der Waals surface area contributed by atoms with Gasteiger partial charge in [0.05, 0.1) is 5.69 Å². The van der Waals surface area contributed by atoms with Crippen LogP contribution < -0.4 is 11.2 Å². The van der Waals surface area contributed by atoms with Crippen LogP contribution in [0, 0.1) is 20.8 Å². The zero-order valence-corrected chi connectivity index (χ0v) is 13.5. The fourth-order valence-corrected chi connectivity index (χ4v) is 2.60. The van der Waals surface area contributed by atoms with Crippen LogP contribution in [0.2, 0.25) is 0 Å². The summed E-state index contributed by atoms with van der Waals surface area (Å²) in [5.74, 6) is 0.486. The van der Waals surface area contributed by atoms with E-state index in [1.807, 2.05) is 20.8 Å². The minimum Gasteiger partial charge on any atom is -0.299 e. The van der Waals surface area contributed by atoms with E-state index in [1.54, 1.807) is 22.4 Å². The lowest BCUT2D eigenvalue weighted by molar-refractivity contribution is 0.709. The largest absolute Gasteiger partial charge is 0.329 e. The molecule has 0 unspecified atom stereocenters. The lowest BCUT2D eigenvalue weighted by Gasteiger charge is -2.07. The van der Waals surface area contributed by atoms with Crippen LogP contribution in [0.3, 0.4) is 0 Å². The Balaban J connectivity index is 2.48. The number of aryl methyl sites for hydroxylation is 2. The molecule has 0 aliphatic carbocycles. The molecular weight excluding hydrogens is 296 g/mol. The first-order chi connectivity index (χ1) is 10.9. The summed E-state index contributed by atoms with van der Waals surface area (Å²) < 4.78 is 4.72. The van der Waals surface area contributed by atoms with Crippen LogP contribution in [0.15, 0.2) is 22.2 Å². The zero-order chi connectivity index (χ0) is 16.9. The third kappa shape index (κ3) is 2.06. The maximum absolute atomic E-state index is 12.3. The Morgan fingerprint density at radius 1 is 1.26 bits per heavy atom. The molecular formula is C15H18N6O2. The van der Waals surface area contributed by atoms with Crippen molar-refractivity contribution in [3.05, 3.63) is 50.4 Å². The average Bonchev–Trinajstić information content (AvgIpc) is 2.99. The Labute approximate surface area is 131 Å². The Morgan fingerprint density at radius 2 is 1.96 bits per heavy atom. The average molecular weight is 314 g/mol. The van der Waals surface area contributed by atoms with E-state index in [0.717, 1.165) is 17.0 Å². The monoisotopic (exact) mass is 314 g/mol. The smallest absolute Gasteiger partial charge is 0.299 e. The summed E-state index contributed by atoms with van der Waals surface area (Å²) in [7, 11) is 1.57. The first-order valence-corrected chi connectivity index (χ1v) is 7.20. The maximum Gasteiger partial charge on any atom is 0.329 e. The van der Waals surface area contributed by atoms with Gasteiger partial charge in [0.1, 0.15) is 0 Å². The molecule has 3 aromatic heterocycles. The van der Waals surface area contributed by atoms with Crippen LogP contribution in [0.4, 0.5) is 0 Å². The second kappa shape index (κ2) is 5.08. The minimum atomic E-state index is -0.498. The first-order valence-electron chi connectivity index (χ1n) is 7.20. The number of fused-ring (bicyclic) bond motifs is 1. The number of aromatic amines is 1. The Bertz CT molecular complexity index is 1050. The predicted octanol–water partition coefficient (Wildman–Crippen LogP) is 0.720. The van der Waals surface area contributed by atoms with Crippen molar-refractivity contribution in [1.29, 1.82) is 0 Å². The van der Waals surface area contributed by atoms with Gasteiger partial charge in [-0.25, -0.2) is 9.48 Å². The topological polar surface area (TPSA) is 90.5 Å². The summed E-state index contributed by atoms with van der Waals surface area (Å²) in [6, 6.07) is 0. The highest BCUT2D eigenvalue weighted by atomic mass is 16.2. The number of nitrogens with one attached hydrogen (secondary N) is 1. The van der Waals surface area contributed by atoms with Gasteiger partial charge in [-0.1, -0.05) is 6.08 Å². The van der Waals surface area contributed by atoms with E-state index in [1.165, 1.54) is 4.57 Å². The Hall–Kier alpha value is -2.90. The molecule has 8 heteroatoms. The number of imidazole rings is 1. The summed E-state index contributed by atoms with van der Waals surface area (Å²) >= 11 is 0. The summed E-state index contributed by atoms with van der Waals surface area (Å²) in [6.45, 7) is 9.95. The quantitative estimate of drug-likeness (QED) is 0.721. The molecule has 0 fully saturated rings. The van der Waals surface area contributed by atoms with Crippen LogP contribution in [0.25, 0.3) is 17.1 Å². The lowest BCUT2D eigenvalue weighted by atomic mass is 10.2. The van der Waals surface area contributed by atoms with E-state index in [4.69, 9.17) is 0 Å². The van der Waals surface area contributed by atoms with Crippen molar-refractivity contribution in [2.24, 2.45) is 7.05 Å².